The third kappa shape index (κ3) is 6.63. The van der Waals surface area contributed by atoms with Gasteiger partial charge in [0, 0.05) is 46.1 Å². The number of hydrogen-bond donors (Lipinski definition) is 1. The van der Waals surface area contributed by atoms with Crippen LogP contribution in [0.25, 0.3) is 5.57 Å². The van der Waals surface area contributed by atoms with Gasteiger partial charge in [-0.1, -0.05) is 19.6 Å². The number of amides is 2. The van der Waals surface area contributed by atoms with E-state index in [-0.39, 0.29) is 30.7 Å². The van der Waals surface area contributed by atoms with E-state index in [0.29, 0.717) is 35.3 Å². The summed E-state index contributed by atoms with van der Waals surface area (Å²) in [5.41, 5.74) is 10.0. The highest BCUT2D eigenvalue weighted by Gasteiger charge is 2.42. The number of anilines is 1. The molecule has 2 saturated heterocycles. The van der Waals surface area contributed by atoms with Crippen LogP contribution in [-0.2, 0) is 9.59 Å². The van der Waals surface area contributed by atoms with Crippen LogP contribution in [-0.4, -0.2) is 66.9 Å². The first-order valence-electron chi connectivity index (χ1n) is 14.6. The molecule has 2 heterocycles. The summed E-state index contributed by atoms with van der Waals surface area (Å²) in [5.74, 6) is 4.14. The van der Waals surface area contributed by atoms with E-state index in [2.05, 4.69) is 18.2 Å². The molecular formula is C33H44N4O6. The van der Waals surface area contributed by atoms with Crippen molar-refractivity contribution in [2.75, 3.05) is 46.1 Å². The highest BCUT2D eigenvalue weighted by Crippen LogP contribution is 2.47. The zero-order valence-electron chi connectivity index (χ0n) is 24.7. The first kappa shape index (κ1) is 31.8. The van der Waals surface area contributed by atoms with Crippen molar-refractivity contribution >= 4 is 28.8 Å². The monoisotopic (exact) mass is 592 g/mol. The topological polar surface area (TPSA) is 128 Å². The smallest absolute Gasteiger partial charge is 0.310 e. The fourth-order valence-electron chi connectivity index (χ4n) is 7.22. The third-order valence-electron chi connectivity index (χ3n) is 9.51. The summed E-state index contributed by atoms with van der Waals surface area (Å²) >= 11 is 0. The number of methoxy groups -OCH3 is 2. The number of nitrogens with two attached hydrogens (primary N) is 1. The van der Waals surface area contributed by atoms with E-state index in [1.54, 1.807) is 33.1 Å². The maximum atomic E-state index is 11.4. The van der Waals surface area contributed by atoms with Crippen LogP contribution in [0.5, 0.6) is 11.5 Å². The Balaban J connectivity index is 0.000000193. The molecule has 0 bridgehead atoms. The summed E-state index contributed by atoms with van der Waals surface area (Å²) in [6.45, 7) is 6.71. The number of hydrogen-bond acceptors (Lipinski definition) is 7. The predicted octanol–water partition coefficient (Wildman–Crippen LogP) is 5.37. The second-order valence-electron chi connectivity index (χ2n) is 12.0. The van der Waals surface area contributed by atoms with Crippen molar-refractivity contribution in [3.63, 3.8) is 0 Å². The fraction of sp³-hybridized carbons (Fsp3) is 0.515. The standard InChI is InChI=1S/C16H18N2O4.C16H22N2O2.CH4/c1-10(19)17-8-13-5-12(6-14(13)9-17)11-3-4-15(18(20)21)16(7-11)22-2;1-10(19)18-8-13-5-12(6-14(13)9-18)11-3-4-15(17)16(7-11)20-2;/h3-5,7,13-14H,6,8-9H2,1-2H3;3-4,7,12-14H,5-6,8-9,17H2,1-2H3;1H4/t13-,14+;12?,13-,14+;/m1../s1. The van der Waals surface area contributed by atoms with Gasteiger partial charge in [0.25, 0.3) is 0 Å². The number of carbonyl (C=O) groups is 2. The summed E-state index contributed by atoms with van der Waals surface area (Å²) in [4.78, 5) is 37.3. The van der Waals surface area contributed by atoms with E-state index in [9.17, 15) is 19.7 Å². The predicted molar refractivity (Wildman–Crippen MR) is 167 cm³/mol. The number of rotatable bonds is 5. The van der Waals surface area contributed by atoms with Crippen molar-refractivity contribution in [1.29, 1.82) is 0 Å². The van der Waals surface area contributed by atoms with Gasteiger partial charge in [-0.15, -0.1) is 0 Å². The molecule has 2 N–H and O–H groups in total. The zero-order chi connectivity index (χ0) is 30.1. The van der Waals surface area contributed by atoms with Gasteiger partial charge in [0.05, 0.1) is 24.8 Å². The third-order valence-corrected chi connectivity index (χ3v) is 9.51. The Morgan fingerprint density at radius 3 is 2.05 bits per heavy atom. The van der Waals surface area contributed by atoms with Gasteiger partial charge in [-0.25, -0.2) is 0 Å². The van der Waals surface area contributed by atoms with Crippen molar-refractivity contribution in [3.8, 4) is 11.5 Å². The maximum absolute atomic E-state index is 11.4. The Labute approximate surface area is 254 Å². The minimum Gasteiger partial charge on any atom is -0.495 e. The molecule has 43 heavy (non-hydrogen) atoms. The molecule has 2 aromatic rings. The molecule has 10 heteroatoms. The zero-order valence-corrected chi connectivity index (χ0v) is 24.7. The van der Waals surface area contributed by atoms with E-state index in [0.717, 1.165) is 43.9 Å². The summed E-state index contributed by atoms with van der Waals surface area (Å²) in [7, 11) is 3.10. The Morgan fingerprint density at radius 1 is 0.884 bits per heavy atom. The fourth-order valence-corrected chi connectivity index (χ4v) is 7.22. The van der Waals surface area contributed by atoms with Crippen molar-refractivity contribution < 1.29 is 24.0 Å². The van der Waals surface area contributed by atoms with Crippen LogP contribution in [0.4, 0.5) is 11.4 Å². The number of fused-ring (bicyclic) bond motifs is 2. The molecule has 5 atom stereocenters. The second-order valence-corrected chi connectivity index (χ2v) is 12.0. The Hall–Kier alpha value is -4.08. The van der Waals surface area contributed by atoms with Gasteiger partial charge < -0.3 is 25.0 Å². The average Bonchev–Trinajstić information content (AvgIpc) is 3.72. The van der Waals surface area contributed by atoms with Crippen LogP contribution >= 0.6 is 0 Å². The summed E-state index contributed by atoms with van der Waals surface area (Å²) in [6, 6.07) is 11.1. The average molecular weight is 593 g/mol. The minimum absolute atomic E-state index is 0. The van der Waals surface area contributed by atoms with E-state index in [1.165, 1.54) is 37.2 Å². The Morgan fingerprint density at radius 2 is 1.49 bits per heavy atom. The largest absolute Gasteiger partial charge is 0.495 e. The molecule has 2 aromatic carbocycles. The van der Waals surface area contributed by atoms with Crippen molar-refractivity contribution in [3.05, 3.63) is 63.7 Å². The molecule has 0 aromatic heterocycles. The first-order valence-corrected chi connectivity index (χ1v) is 14.6. The van der Waals surface area contributed by atoms with E-state index >= 15 is 0 Å². The molecule has 2 amide bonds. The number of nitrogens with zero attached hydrogens (tertiary/aromatic N) is 3. The molecule has 0 radical (unpaired) electrons. The lowest BCUT2D eigenvalue weighted by molar-refractivity contribution is -0.385. The van der Waals surface area contributed by atoms with E-state index in [4.69, 9.17) is 15.2 Å². The van der Waals surface area contributed by atoms with Gasteiger partial charge >= 0.3 is 5.69 Å². The van der Waals surface area contributed by atoms with Gasteiger partial charge in [0.1, 0.15) is 5.75 Å². The quantitative estimate of drug-likeness (QED) is 0.281. The number of benzene rings is 2. The van der Waals surface area contributed by atoms with Crippen molar-refractivity contribution in [1.82, 2.24) is 9.80 Å². The van der Waals surface area contributed by atoms with Crippen molar-refractivity contribution in [2.24, 2.45) is 23.7 Å². The number of allylic oxidation sites excluding steroid dienone is 1. The number of likely N-dealkylation sites (tertiary alicyclic amines) is 2. The van der Waals surface area contributed by atoms with Crippen LogP contribution in [0, 0.1) is 33.8 Å². The van der Waals surface area contributed by atoms with Gasteiger partial charge in [0.2, 0.25) is 11.8 Å². The molecule has 10 nitrogen and oxygen atoms in total. The summed E-state index contributed by atoms with van der Waals surface area (Å²) in [5, 5.41) is 10.9. The number of nitro groups is 1. The Kier molecular flexibility index (Phi) is 9.67. The maximum Gasteiger partial charge on any atom is 0.310 e. The minimum atomic E-state index is -0.439. The Bertz CT molecular complexity index is 1390. The number of nitrogen functional groups attached to an aromatic ring is 1. The van der Waals surface area contributed by atoms with E-state index < -0.39 is 4.92 Å². The van der Waals surface area contributed by atoms with Gasteiger partial charge in [-0.2, -0.15) is 0 Å². The van der Waals surface area contributed by atoms with Crippen LogP contribution < -0.4 is 15.2 Å². The molecule has 6 rings (SSSR count). The first-order chi connectivity index (χ1) is 20.1. The van der Waals surface area contributed by atoms with Crippen molar-refractivity contribution in [2.45, 2.75) is 46.5 Å². The molecule has 3 fully saturated rings. The molecule has 1 saturated carbocycles. The molecule has 2 aliphatic carbocycles. The van der Waals surface area contributed by atoms with Gasteiger partial charge in [-0.05, 0) is 89.8 Å². The summed E-state index contributed by atoms with van der Waals surface area (Å²) < 4.78 is 10.4. The lowest BCUT2D eigenvalue weighted by atomic mass is 9.95. The van der Waals surface area contributed by atoms with Gasteiger partial charge in [0.15, 0.2) is 5.75 Å². The number of carbonyl (C=O) groups excluding carboxylic acids is 2. The summed E-state index contributed by atoms with van der Waals surface area (Å²) in [6.07, 6.45) is 5.44. The molecule has 0 spiro atoms. The van der Waals surface area contributed by atoms with Crippen LogP contribution in [0.3, 0.4) is 0 Å². The highest BCUT2D eigenvalue weighted by molar-refractivity contribution is 5.75. The van der Waals surface area contributed by atoms with Crippen LogP contribution in [0.15, 0.2) is 42.5 Å². The van der Waals surface area contributed by atoms with E-state index in [1.807, 2.05) is 15.9 Å². The molecule has 1 unspecified atom stereocenters. The molecule has 232 valence electrons. The van der Waals surface area contributed by atoms with Crippen LogP contribution in [0.1, 0.15) is 57.6 Å². The highest BCUT2D eigenvalue weighted by atomic mass is 16.6. The lowest BCUT2D eigenvalue weighted by Crippen LogP contribution is -2.27. The lowest BCUT2D eigenvalue weighted by Gasteiger charge is -2.18. The number of nitro benzene ring substituents is 1. The van der Waals surface area contributed by atoms with Crippen LogP contribution in [0.2, 0.25) is 0 Å². The second kappa shape index (κ2) is 13.1. The normalized spacial score (nSPS) is 25.1. The molecular weight excluding hydrogens is 548 g/mol. The SMILES string of the molecule is C.COc1cc(C2=C[C@@H]3CN(C(C)=O)C[C@@H]3C2)ccc1[N+](=O)[O-].COc1cc(C2C[C@@H]3CN(C(C)=O)C[C@@H]3C2)ccc1N. The number of ether oxygens (including phenoxy) is 2. The van der Waals surface area contributed by atoms with Gasteiger partial charge in [-0.3, -0.25) is 19.7 Å². The molecule has 4 aliphatic rings. The molecule has 2 aliphatic heterocycles.